The van der Waals surface area contributed by atoms with E-state index in [0.717, 1.165) is 29.9 Å². The number of thiazole rings is 1. The van der Waals surface area contributed by atoms with Crippen LogP contribution in [-0.4, -0.2) is 51.8 Å². The largest absolute Gasteiger partial charge is 0.327 e. The van der Waals surface area contributed by atoms with Gasteiger partial charge in [-0.15, -0.1) is 11.3 Å². The van der Waals surface area contributed by atoms with Crippen molar-refractivity contribution in [3.05, 3.63) is 40.9 Å². The second kappa shape index (κ2) is 8.12. The number of hydrogen-bond donors (Lipinski definition) is 0. The van der Waals surface area contributed by atoms with Crippen molar-refractivity contribution in [2.24, 2.45) is 0 Å². The van der Waals surface area contributed by atoms with Gasteiger partial charge in [-0.3, -0.25) is 19.4 Å². The fourth-order valence-electron chi connectivity index (χ4n) is 4.37. The van der Waals surface area contributed by atoms with Gasteiger partial charge in [-0.2, -0.15) is 5.26 Å². The van der Waals surface area contributed by atoms with Crippen molar-refractivity contribution in [1.29, 1.82) is 5.26 Å². The van der Waals surface area contributed by atoms with Crippen LogP contribution in [0.3, 0.4) is 0 Å². The summed E-state index contributed by atoms with van der Waals surface area (Å²) >= 11 is 1.30. The molecule has 2 fully saturated rings. The summed E-state index contributed by atoms with van der Waals surface area (Å²) in [5.41, 5.74) is 0.934. The number of rotatable bonds is 4. The molecule has 1 spiro atoms. The second-order valence-electron chi connectivity index (χ2n) is 7.98. The lowest BCUT2D eigenvalue weighted by molar-refractivity contribution is -0.136. The molecule has 1 aliphatic carbocycles. The number of likely N-dealkylation sites (N-methyl/N-ethyl adjacent to an activating group) is 1. The van der Waals surface area contributed by atoms with Crippen LogP contribution >= 0.6 is 11.3 Å². The first-order chi connectivity index (χ1) is 14.9. The first-order valence-electron chi connectivity index (χ1n) is 10.2. The number of carbonyl (C=O) groups excluding carboxylic acids is 3. The number of aromatic nitrogens is 1. The highest BCUT2D eigenvalue weighted by Gasteiger charge is 2.56. The molecular weight excluding hydrogens is 414 g/mol. The Morgan fingerprint density at radius 1 is 1.23 bits per heavy atom. The average molecular weight is 438 g/mol. The Morgan fingerprint density at radius 2 is 1.90 bits per heavy atom. The van der Waals surface area contributed by atoms with Crippen LogP contribution in [0, 0.1) is 18.3 Å². The number of benzene rings is 1. The molecule has 0 N–H and O–H groups in total. The van der Waals surface area contributed by atoms with Crippen LogP contribution in [0.1, 0.15) is 43.4 Å². The minimum Gasteiger partial charge on any atom is -0.313 e. The molecular formula is C22H23N5O3S. The van der Waals surface area contributed by atoms with Crippen LogP contribution in [0.15, 0.2) is 29.6 Å². The van der Waals surface area contributed by atoms with E-state index in [0.29, 0.717) is 29.2 Å². The van der Waals surface area contributed by atoms with Crippen LogP contribution in [-0.2, 0) is 9.59 Å². The van der Waals surface area contributed by atoms with Crippen molar-refractivity contribution in [2.45, 2.75) is 44.6 Å². The van der Waals surface area contributed by atoms with E-state index in [1.165, 1.54) is 21.1 Å². The topological polar surface area (TPSA) is 97.6 Å². The normalized spacial score (nSPS) is 17.8. The maximum atomic E-state index is 13.4. The van der Waals surface area contributed by atoms with E-state index < -0.39 is 17.5 Å². The minimum atomic E-state index is -0.827. The fraction of sp³-hybridized carbons (Fsp3) is 0.409. The zero-order valence-corrected chi connectivity index (χ0v) is 18.3. The van der Waals surface area contributed by atoms with Gasteiger partial charge in [0.2, 0.25) is 0 Å². The first-order valence-corrected chi connectivity index (χ1v) is 11.1. The van der Waals surface area contributed by atoms with Crippen LogP contribution in [0.25, 0.3) is 0 Å². The van der Waals surface area contributed by atoms with E-state index in [2.05, 4.69) is 11.1 Å². The van der Waals surface area contributed by atoms with Crippen molar-refractivity contribution >= 4 is 40.0 Å². The zero-order valence-electron chi connectivity index (χ0n) is 17.5. The van der Waals surface area contributed by atoms with Gasteiger partial charge >= 0.3 is 6.03 Å². The second-order valence-corrected chi connectivity index (χ2v) is 8.82. The lowest BCUT2D eigenvalue weighted by atomic mass is 9.81. The van der Waals surface area contributed by atoms with Gasteiger partial charge in [-0.1, -0.05) is 19.3 Å². The molecule has 4 rings (SSSR count). The average Bonchev–Trinajstić information content (AvgIpc) is 3.28. The Hall–Kier alpha value is -3.25. The molecule has 2 aliphatic rings. The van der Waals surface area contributed by atoms with Gasteiger partial charge in [-0.25, -0.2) is 9.78 Å². The summed E-state index contributed by atoms with van der Waals surface area (Å²) in [5, 5.41) is 11.3. The molecule has 1 saturated heterocycles. The summed E-state index contributed by atoms with van der Waals surface area (Å²) in [6.07, 6.45) is 4.08. The van der Waals surface area contributed by atoms with Gasteiger partial charge in [-0.05, 0) is 44.0 Å². The summed E-state index contributed by atoms with van der Waals surface area (Å²) in [7, 11) is 1.65. The third-order valence-corrected chi connectivity index (χ3v) is 7.02. The Kier molecular flexibility index (Phi) is 5.50. The number of amides is 4. The van der Waals surface area contributed by atoms with Gasteiger partial charge in [0.15, 0.2) is 5.13 Å². The quantitative estimate of drug-likeness (QED) is 0.681. The molecule has 0 bridgehead atoms. The highest BCUT2D eigenvalue weighted by molar-refractivity contribution is 7.14. The highest BCUT2D eigenvalue weighted by atomic mass is 32.1. The predicted octanol–water partition coefficient (Wildman–Crippen LogP) is 3.58. The molecule has 31 heavy (non-hydrogen) atoms. The van der Waals surface area contributed by atoms with Gasteiger partial charge < -0.3 is 4.90 Å². The maximum Gasteiger partial charge on any atom is 0.327 e. The third kappa shape index (κ3) is 3.57. The standard InChI is InChI=1S/C22H23N5O3S/c1-15-14-31-20(24-15)27(17-8-6-16(12-23)7-9-17)18(28)13-26-19(29)22(25(2)21(26)30)10-4-3-5-11-22/h6-9,14H,3-5,10-11,13H2,1-2H3. The minimum absolute atomic E-state index is 0.289. The highest BCUT2D eigenvalue weighted by Crippen LogP contribution is 2.39. The fourth-order valence-corrected chi connectivity index (χ4v) is 5.21. The Labute approximate surface area is 184 Å². The van der Waals surface area contributed by atoms with Crippen molar-refractivity contribution in [3.63, 3.8) is 0 Å². The molecule has 8 nitrogen and oxygen atoms in total. The van der Waals surface area contributed by atoms with Crippen molar-refractivity contribution < 1.29 is 14.4 Å². The molecule has 0 unspecified atom stereocenters. The molecule has 160 valence electrons. The molecule has 2 aromatic rings. The van der Waals surface area contributed by atoms with E-state index in [1.807, 2.05) is 12.3 Å². The number of anilines is 2. The maximum absolute atomic E-state index is 13.4. The van der Waals surface area contributed by atoms with E-state index in [4.69, 9.17) is 5.26 Å². The van der Waals surface area contributed by atoms with E-state index in [9.17, 15) is 14.4 Å². The van der Waals surface area contributed by atoms with Crippen molar-refractivity contribution in [3.8, 4) is 6.07 Å². The van der Waals surface area contributed by atoms with Crippen molar-refractivity contribution in [1.82, 2.24) is 14.8 Å². The number of nitriles is 1. The van der Waals surface area contributed by atoms with Crippen LogP contribution in [0.5, 0.6) is 0 Å². The lowest BCUT2D eigenvalue weighted by Crippen LogP contribution is -2.49. The number of carbonyl (C=O) groups is 3. The van der Waals surface area contributed by atoms with E-state index in [-0.39, 0.29) is 12.5 Å². The van der Waals surface area contributed by atoms with E-state index in [1.54, 1.807) is 31.3 Å². The summed E-state index contributed by atoms with van der Waals surface area (Å²) in [5.74, 6) is -0.717. The molecule has 4 amide bonds. The van der Waals surface area contributed by atoms with Gasteiger partial charge in [0.25, 0.3) is 11.8 Å². The first kappa shape index (κ1) is 21.0. The van der Waals surface area contributed by atoms with Gasteiger partial charge in [0.1, 0.15) is 12.1 Å². The molecule has 1 aliphatic heterocycles. The summed E-state index contributed by atoms with van der Waals surface area (Å²) in [4.78, 5) is 48.0. The number of urea groups is 1. The number of aryl methyl sites for hydroxylation is 1. The number of nitrogens with zero attached hydrogens (tertiary/aromatic N) is 5. The summed E-state index contributed by atoms with van der Waals surface area (Å²) in [6, 6.07) is 8.18. The molecule has 0 atom stereocenters. The molecule has 9 heteroatoms. The number of hydrogen-bond acceptors (Lipinski definition) is 6. The SMILES string of the molecule is Cc1csc(N(C(=O)CN2C(=O)N(C)C3(CCCCC3)C2=O)c2ccc(C#N)cc2)n1. The number of imide groups is 1. The van der Waals surface area contributed by atoms with Crippen LogP contribution < -0.4 is 4.90 Å². The monoisotopic (exact) mass is 437 g/mol. The smallest absolute Gasteiger partial charge is 0.313 e. The van der Waals surface area contributed by atoms with Crippen LogP contribution in [0.2, 0.25) is 0 Å². The Balaban J connectivity index is 1.64. The Bertz CT molecular complexity index is 1070. The van der Waals surface area contributed by atoms with Gasteiger partial charge in [0, 0.05) is 12.4 Å². The molecule has 1 aromatic carbocycles. The molecule has 2 heterocycles. The van der Waals surface area contributed by atoms with Gasteiger partial charge in [0.05, 0.1) is 23.0 Å². The lowest BCUT2D eigenvalue weighted by Gasteiger charge is -2.35. The zero-order chi connectivity index (χ0) is 22.2. The predicted molar refractivity (Wildman–Crippen MR) is 116 cm³/mol. The molecule has 1 saturated carbocycles. The molecule has 1 aromatic heterocycles. The Morgan fingerprint density at radius 3 is 2.48 bits per heavy atom. The van der Waals surface area contributed by atoms with E-state index >= 15 is 0 Å². The summed E-state index contributed by atoms with van der Waals surface area (Å²) < 4.78 is 0. The van der Waals surface area contributed by atoms with Crippen molar-refractivity contribution in [2.75, 3.05) is 18.5 Å². The summed E-state index contributed by atoms with van der Waals surface area (Å²) in [6.45, 7) is 1.47. The van der Waals surface area contributed by atoms with Crippen LogP contribution in [0.4, 0.5) is 15.6 Å². The molecule has 0 radical (unpaired) electrons. The third-order valence-electron chi connectivity index (χ3n) is 6.08.